The predicted molar refractivity (Wildman–Crippen MR) is 81.8 cm³/mol. The van der Waals surface area contributed by atoms with Crippen molar-refractivity contribution in [1.29, 1.82) is 0 Å². The fraction of sp³-hybridized carbons (Fsp3) is 0.867. The lowest BCUT2D eigenvalue weighted by Gasteiger charge is -2.01. The van der Waals surface area contributed by atoms with Crippen molar-refractivity contribution in [2.75, 3.05) is 0 Å². The van der Waals surface area contributed by atoms with Crippen molar-refractivity contribution in [3.63, 3.8) is 0 Å². The molecule has 4 heteroatoms. The maximum Gasteiger partial charge on any atom is 0.287 e. The van der Waals surface area contributed by atoms with E-state index >= 15 is 0 Å². The summed E-state index contributed by atoms with van der Waals surface area (Å²) >= 11 is 0. The second-order valence-corrected chi connectivity index (χ2v) is 6.51. The zero-order chi connectivity index (χ0) is 14.4. The van der Waals surface area contributed by atoms with Crippen molar-refractivity contribution in [2.24, 2.45) is 0 Å². The van der Waals surface area contributed by atoms with Gasteiger partial charge in [-0.3, -0.25) is 4.55 Å². The van der Waals surface area contributed by atoms with Gasteiger partial charge in [0.05, 0.1) is 5.41 Å². The molecule has 0 aromatic rings. The molecule has 0 aliphatic heterocycles. The maximum atomic E-state index is 10.4. The second-order valence-electron chi connectivity index (χ2n) is 5.21. The summed E-state index contributed by atoms with van der Waals surface area (Å²) in [4.78, 5) is 0. The molecule has 0 amide bonds. The maximum absolute atomic E-state index is 10.4. The third-order valence-electron chi connectivity index (χ3n) is 3.24. The minimum Gasteiger partial charge on any atom is -0.282 e. The van der Waals surface area contributed by atoms with E-state index in [1.165, 1.54) is 63.9 Å². The molecule has 0 radical (unpaired) electrons. The normalized spacial score (nSPS) is 12.3. The van der Waals surface area contributed by atoms with Gasteiger partial charge in [-0.15, -0.1) is 0 Å². The van der Waals surface area contributed by atoms with E-state index in [2.05, 4.69) is 6.92 Å². The first-order valence-corrected chi connectivity index (χ1v) is 9.20. The van der Waals surface area contributed by atoms with Crippen molar-refractivity contribution in [3.8, 4) is 0 Å². The number of unbranched alkanes of at least 4 members (excludes halogenated alkanes) is 11. The molecule has 0 bridgehead atoms. The van der Waals surface area contributed by atoms with Crippen LogP contribution >= 0.6 is 0 Å². The summed E-state index contributed by atoms with van der Waals surface area (Å²) in [5.74, 6) is 0. The van der Waals surface area contributed by atoms with Gasteiger partial charge in [-0.1, -0.05) is 77.2 Å². The number of hydrogen-bond acceptors (Lipinski definition) is 2. The van der Waals surface area contributed by atoms with Crippen molar-refractivity contribution >= 4 is 10.1 Å². The van der Waals surface area contributed by atoms with Crippen LogP contribution in [0.25, 0.3) is 0 Å². The summed E-state index contributed by atoms with van der Waals surface area (Å²) in [6, 6.07) is 0. The highest BCUT2D eigenvalue weighted by atomic mass is 32.2. The Kier molecular flexibility index (Phi) is 12.4. The number of hydrogen-bond donors (Lipinski definition) is 1. The fourth-order valence-corrected chi connectivity index (χ4v) is 2.50. The van der Waals surface area contributed by atoms with Gasteiger partial charge in [0.15, 0.2) is 0 Å². The molecular weight excluding hydrogens is 260 g/mol. The summed E-state index contributed by atoms with van der Waals surface area (Å²) in [7, 11) is -3.92. The van der Waals surface area contributed by atoms with Crippen LogP contribution in [0.15, 0.2) is 11.5 Å². The largest absolute Gasteiger partial charge is 0.287 e. The van der Waals surface area contributed by atoms with Gasteiger partial charge in [0.1, 0.15) is 0 Å². The molecule has 0 unspecified atom stereocenters. The van der Waals surface area contributed by atoms with E-state index in [1.807, 2.05) is 0 Å². The Bertz CT molecular complexity index is 307. The van der Waals surface area contributed by atoms with E-state index in [9.17, 15) is 8.42 Å². The van der Waals surface area contributed by atoms with E-state index in [0.717, 1.165) is 24.7 Å². The smallest absolute Gasteiger partial charge is 0.282 e. The van der Waals surface area contributed by atoms with Crippen molar-refractivity contribution in [2.45, 2.75) is 84.0 Å². The third-order valence-corrected chi connectivity index (χ3v) is 3.78. The summed E-state index contributed by atoms with van der Waals surface area (Å²) < 4.78 is 29.3. The highest BCUT2D eigenvalue weighted by Gasteiger charge is 1.95. The molecule has 3 nitrogen and oxygen atoms in total. The van der Waals surface area contributed by atoms with Gasteiger partial charge < -0.3 is 0 Å². The van der Waals surface area contributed by atoms with Crippen LogP contribution < -0.4 is 0 Å². The Balaban J connectivity index is 3.13. The Morgan fingerprint density at radius 2 is 1.21 bits per heavy atom. The molecule has 0 spiro atoms. The Morgan fingerprint density at radius 1 is 0.789 bits per heavy atom. The molecule has 114 valence electrons. The molecule has 0 rings (SSSR count). The van der Waals surface area contributed by atoms with Crippen LogP contribution in [0.3, 0.4) is 0 Å². The Labute approximate surface area is 119 Å². The SMILES string of the molecule is CCCCCCCCCCCCC/C=C/S(=O)(=O)O. The molecule has 0 aromatic carbocycles. The molecule has 0 saturated heterocycles. The molecule has 0 atom stereocenters. The van der Waals surface area contributed by atoms with Crippen LogP contribution in [0.5, 0.6) is 0 Å². The van der Waals surface area contributed by atoms with Gasteiger partial charge >= 0.3 is 0 Å². The fourth-order valence-electron chi connectivity index (χ4n) is 2.12. The summed E-state index contributed by atoms with van der Waals surface area (Å²) in [6.45, 7) is 2.24. The highest BCUT2D eigenvalue weighted by Crippen LogP contribution is 2.12. The molecule has 0 aromatic heterocycles. The van der Waals surface area contributed by atoms with E-state index in [0.29, 0.717) is 0 Å². The van der Waals surface area contributed by atoms with Gasteiger partial charge in [0.25, 0.3) is 10.1 Å². The molecule has 0 fully saturated rings. The first-order chi connectivity index (χ1) is 9.06. The first-order valence-electron chi connectivity index (χ1n) is 7.70. The lowest BCUT2D eigenvalue weighted by atomic mass is 10.1. The average Bonchev–Trinajstić information content (AvgIpc) is 2.34. The van der Waals surface area contributed by atoms with Gasteiger partial charge in [-0.2, -0.15) is 8.42 Å². The van der Waals surface area contributed by atoms with Gasteiger partial charge in [0.2, 0.25) is 0 Å². The molecule has 0 heterocycles. The second kappa shape index (κ2) is 12.7. The average molecular weight is 290 g/mol. The Morgan fingerprint density at radius 3 is 1.63 bits per heavy atom. The highest BCUT2D eigenvalue weighted by molar-refractivity contribution is 7.88. The standard InChI is InChI=1S/C15H30O3S/c1-2-3-4-5-6-7-8-9-10-11-12-13-14-15-19(16,17)18/h14-15H,2-13H2,1H3,(H,16,17,18)/b15-14+. The lowest BCUT2D eigenvalue weighted by molar-refractivity contribution is 0.494. The molecule has 0 aliphatic carbocycles. The first kappa shape index (κ1) is 18.7. The monoisotopic (exact) mass is 290 g/mol. The van der Waals surface area contributed by atoms with E-state index in [4.69, 9.17) is 4.55 Å². The summed E-state index contributed by atoms with van der Waals surface area (Å²) in [5.41, 5.74) is 0. The van der Waals surface area contributed by atoms with Crippen LogP contribution in [0.2, 0.25) is 0 Å². The topological polar surface area (TPSA) is 54.4 Å². The summed E-state index contributed by atoms with van der Waals surface area (Å²) in [6.07, 6.45) is 16.4. The summed E-state index contributed by atoms with van der Waals surface area (Å²) in [5, 5.41) is 0.878. The van der Waals surface area contributed by atoms with E-state index < -0.39 is 10.1 Å². The van der Waals surface area contributed by atoms with Gasteiger partial charge in [-0.25, -0.2) is 0 Å². The van der Waals surface area contributed by atoms with Crippen LogP contribution in [0.4, 0.5) is 0 Å². The molecule has 1 N–H and O–H groups in total. The van der Waals surface area contributed by atoms with Crippen molar-refractivity contribution in [3.05, 3.63) is 11.5 Å². The van der Waals surface area contributed by atoms with Crippen molar-refractivity contribution in [1.82, 2.24) is 0 Å². The van der Waals surface area contributed by atoms with Crippen molar-refractivity contribution < 1.29 is 13.0 Å². The number of rotatable bonds is 13. The minimum absolute atomic E-state index is 0.733. The van der Waals surface area contributed by atoms with Crippen LogP contribution in [-0.4, -0.2) is 13.0 Å². The Hall–Kier alpha value is -0.350. The molecular formula is C15H30O3S. The van der Waals surface area contributed by atoms with Crippen LogP contribution in [-0.2, 0) is 10.1 Å². The quantitative estimate of drug-likeness (QED) is 0.380. The zero-order valence-electron chi connectivity index (χ0n) is 12.3. The predicted octanol–water partition coefficient (Wildman–Crippen LogP) is 5.09. The third kappa shape index (κ3) is 17.6. The molecule has 19 heavy (non-hydrogen) atoms. The van der Waals surface area contributed by atoms with E-state index in [1.54, 1.807) is 0 Å². The van der Waals surface area contributed by atoms with Gasteiger partial charge in [0, 0.05) is 0 Å². The lowest BCUT2D eigenvalue weighted by Crippen LogP contribution is -1.89. The minimum atomic E-state index is -3.92. The van der Waals surface area contributed by atoms with Crippen LogP contribution in [0, 0.1) is 0 Å². The van der Waals surface area contributed by atoms with Gasteiger partial charge in [-0.05, 0) is 12.8 Å². The zero-order valence-corrected chi connectivity index (χ0v) is 13.1. The van der Waals surface area contributed by atoms with E-state index in [-0.39, 0.29) is 0 Å². The molecule has 0 aliphatic rings. The number of allylic oxidation sites excluding steroid dienone is 1. The van der Waals surface area contributed by atoms with Crippen LogP contribution in [0.1, 0.15) is 84.0 Å². The molecule has 0 saturated carbocycles.